The number of allylic oxidation sites excluding steroid dienone is 2. The summed E-state index contributed by atoms with van der Waals surface area (Å²) in [6.45, 7) is 3.87. The normalized spacial score (nSPS) is 19.3. The molecular formula is C21H20N4O2S. The van der Waals surface area contributed by atoms with Gasteiger partial charge in [-0.05, 0) is 55.5 Å². The van der Waals surface area contributed by atoms with E-state index in [0.717, 1.165) is 57.3 Å². The van der Waals surface area contributed by atoms with Gasteiger partial charge in [-0.2, -0.15) is 0 Å². The highest BCUT2D eigenvalue weighted by molar-refractivity contribution is 8.02. The van der Waals surface area contributed by atoms with E-state index in [2.05, 4.69) is 50.8 Å². The van der Waals surface area contributed by atoms with Gasteiger partial charge in [0.2, 0.25) is 5.91 Å². The number of hydrogen-bond donors (Lipinski definition) is 1. The zero-order valence-electron chi connectivity index (χ0n) is 15.7. The van der Waals surface area contributed by atoms with Crippen LogP contribution in [-0.4, -0.2) is 26.4 Å². The van der Waals surface area contributed by atoms with Gasteiger partial charge in [0.05, 0.1) is 22.8 Å². The molecule has 4 heterocycles. The average molecular weight is 392 g/mol. The van der Waals surface area contributed by atoms with E-state index in [-0.39, 0.29) is 11.9 Å². The predicted molar refractivity (Wildman–Crippen MR) is 111 cm³/mol. The summed E-state index contributed by atoms with van der Waals surface area (Å²) in [6, 6.07) is 6.21. The quantitative estimate of drug-likeness (QED) is 0.717. The molecule has 0 saturated carbocycles. The molecular weight excluding hydrogens is 372 g/mol. The number of amides is 1. The summed E-state index contributed by atoms with van der Waals surface area (Å²) in [5.74, 6) is 2.71. The molecule has 1 aromatic carbocycles. The van der Waals surface area contributed by atoms with Crippen LogP contribution in [0.4, 0.5) is 0 Å². The van der Waals surface area contributed by atoms with Gasteiger partial charge in [-0.3, -0.25) is 9.36 Å². The number of rotatable bonds is 3. The SMILES string of the molecule is Cc1noc(C)c1-c1ccc2c(c1)nc([C@@H]1CCC(=O)N1)n2C1=CCSC=C1. The lowest BCUT2D eigenvalue weighted by Crippen LogP contribution is -2.21. The Morgan fingerprint density at radius 2 is 2.21 bits per heavy atom. The van der Waals surface area contributed by atoms with Crippen molar-refractivity contribution < 1.29 is 9.32 Å². The number of carbonyl (C=O) groups is 1. The van der Waals surface area contributed by atoms with Crippen LogP contribution in [0.1, 0.15) is 36.2 Å². The van der Waals surface area contributed by atoms with Crippen LogP contribution in [0, 0.1) is 13.8 Å². The van der Waals surface area contributed by atoms with Crippen LogP contribution in [0.3, 0.4) is 0 Å². The number of carbonyl (C=O) groups excluding carboxylic acids is 1. The van der Waals surface area contributed by atoms with Crippen LogP contribution in [0.5, 0.6) is 0 Å². The smallest absolute Gasteiger partial charge is 0.220 e. The molecule has 7 heteroatoms. The summed E-state index contributed by atoms with van der Waals surface area (Å²) >= 11 is 1.77. The summed E-state index contributed by atoms with van der Waals surface area (Å²) in [6.07, 6.45) is 5.62. The average Bonchev–Trinajstić information content (AvgIpc) is 3.38. The van der Waals surface area contributed by atoms with Gasteiger partial charge in [-0.15, -0.1) is 11.8 Å². The van der Waals surface area contributed by atoms with Gasteiger partial charge in [0.15, 0.2) is 0 Å². The van der Waals surface area contributed by atoms with Gasteiger partial charge in [-0.1, -0.05) is 11.2 Å². The van der Waals surface area contributed by atoms with Crippen molar-refractivity contribution in [1.82, 2.24) is 20.0 Å². The largest absolute Gasteiger partial charge is 0.361 e. The second-order valence-corrected chi connectivity index (χ2v) is 8.07. The van der Waals surface area contributed by atoms with E-state index in [0.29, 0.717) is 6.42 Å². The number of imidazole rings is 1. The molecule has 2 aliphatic heterocycles. The molecule has 0 unspecified atom stereocenters. The first-order valence-corrected chi connectivity index (χ1v) is 10.4. The number of benzene rings is 1. The molecule has 0 spiro atoms. The number of nitrogens with zero attached hydrogens (tertiary/aromatic N) is 3. The fraction of sp³-hybridized carbons (Fsp3) is 0.286. The maximum absolute atomic E-state index is 11.8. The zero-order valence-corrected chi connectivity index (χ0v) is 16.5. The molecule has 0 aliphatic carbocycles. The Bertz CT molecular complexity index is 1140. The first kappa shape index (κ1) is 17.3. The number of fused-ring (bicyclic) bond motifs is 1. The van der Waals surface area contributed by atoms with Gasteiger partial charge in [0.25, 0.3) is 0 Å². The Morgan fingerprint density at radius 3 is 2.89 bits per heavy atom. The van der Waals surface area contributed by atoms with Crippen molar-refractivity contribution in [2.24, 2.45) is 0 Å². The molecule has 1 saturated heterocycles. The third-order valence-corrected chi connectivity index (χ3v) is 5.98. The van der Waals surface area contributed by atoms with Gasteiger partial charge < -0.3 is 9.84 Å². The fourth-order valence-electron chi connectivity index (χ4n) is 4.00. The highest BCUT2D eigenvalue weighted by atomic mass is 32.2. The molecule has 0 bridgehead atoms. The van der Waals surface area contributed by atoms with E-state index in [1.54, 1.807) is 11.8 Å². The highest BCUT2D eigenvalue weighted by Gasteiger charge is 2.28. The molecule has 28 heavy (non-hydrogen) atoms. The van der Waals surface area contributed by atoms with E-state index in [1.807, 2.05) is 13.8 Å². The van der Waals surface area contributed by atoms with E-state index in [1.165, 1.54) is 0 Å². The van der Waals surface area contributed by atoms with E-state index in [4.69, 9.17) is 9.51 Å². The molecule has 1 atom stereocenters. The second-order valence-electron chi connectivity index (χ2n) is 7.13. The van der Waals surface area contributed by atoms with Gasteiger partial charge in [-0.25, -0.2) is 4.98 Å². The Labute approximate surface area is 166 Å². The van der Waals surface area contributed by atoms with Crippen molar-refractivity contribution in [2.75, 3.05) is 5.75 Å². The molecule has 2 aromatic heterocycles. The van der Waals surface area contributed by atoms with E-state index < -0.39 is 0 Å². The van der Waals surface area contributed by atoms with Gasteiger partial charge in [0, 0.05) is 23.4 Å². The van der Waals surface area contributed by atoms with Crippen molar-refractivity contribution in [3.8, 4) is 11.1 Å². The lowest BCUT2D eigenvalue weighted by atomic mass is 10.0. The van der Waals surface area contributed by atoms with Crippen molar-refractivity contribution in [2.45, 2.75) is 32.7 Å². The molecule has 1 fully saturated rings. The lowest BCUT2D eigenvalue weighted by Gasteiger charge is -2.16. The third-order valence-electron chi connectivity index (χ3n) is 5.29. The predicted octanol–water partition coefficient (Wildman–Crippen LogP) is 4.36. The first-order valence-electron chi connectivity index (χ1n) is 9.35. The summed E-state index contributed by atoms with van der Waals surface area (Å²) < 4.78 is 7.51. The topological polar surface area (TPSA) is 72.9 Å². The maximum atomic E-state index is 11.8. The molecule has 1 N–H and O–H groups in total. The molecule has 6 nitrogen and oxygen atoms in total. The molecule has 3 aromatic rings. The van der Waals surface area contributed by atoms with Crippen LogP contribution < -0.4 is 5.32 Å². The fourth-order valence-corrected chi connectivity index (χ4v) is 4.62. The monoisotopic (exact) mass is 392 g/mol. The number of aryl methyl sites for hydroxylation is 2. The van der Waals surface area contributed by atoms with Crippen LogP contribution >= 0.6 is 11.8 Å². The lowest BCUT2D eigenvalue weighted by molar-refractivity contribution is -0.119. The summed E-state index contributed by atoms with van der Waals surface area (Å²) in [5, 5.41) is 9.25. The summed E-state index contributed by atoms with van der Waals surface area (Å²) in [7, 11) is 0. The zero-order chi connectivity index (χ0) is 19.3. The number of hydrogen-bond acceptors (Lipinski definition) is 5. The minimum absolute atomic E-state index is 0.0636. The standard InChI is InChI=1S/C21H20N4O2S/c1-12-20(13(2)27-24-12)14-3-5-18-17(11-14)23-21(16-4-6-19(26)22-16)25(18)15-7-9-28-10-8-15/h3,5,7-9,11,16H,4,6,10H2,1-2H3,(H,22,26)/t16-/m0/s1. The van der Waals surface area contributed by atoms with Crippen LogP contribution in [-0.2, 0) is 4.79 Å². The Balaban J connectivity index is 1.70. The first-order chi connectivity index (χ1) is 13.6. The maximum Gasteiger partial charge on any atom is 0.220 e. The minimum Gasteiger partial charge on any atom is -0.361 e. The van der Waals surface area contributed by atoms with Crippen molar-refractivity contribution >= 4 is 34.4 Å². The number of nitrogens with one attached hydrogen (secondary N) is 1. The van der Waals surface area contributed by atoms with Crippen LogP contribution in [0.2, 0.25) is 0 Å². The summed E-state index contributed by atoms with van der Waals surface area (Å²) in [5.41, 5.74) is 5.96. The third kappa shape index (κ3) is 2.77. The molecule has 0 radical (unpaired) electrons. The van der Waals surface area contributed by atoms with Crippen LogP contribution in [0.15, 0.2) is 40.3 Å². The van der Waals surface area contributed by atoms with Gasteiger partial charge in [0.1, 0.15) is 11.6 Å². The highest BCUT2D eigenvalue weighted by Crippen LogP contribution is 2.34. The Kier molecular flexibility index (Phi) is 4.12. The number of aromatic nitrogens is 3. The number of thioether (sulfide) groups is 1. The minimum atomic E-state index is -0.0636. The van der Waals surface area contributed by atoms with Crippen molar-refractivity contribution in [3.63, 3.8) is 0 Å². The van der Waals surface area contributed by atoms with Crippen molar-refractivity contribution in [1.29, 1.82) is 0 Å². The van der Waals surface area contributed by atoms with Crippen LogP contribution in [0.25, 0.3) is 27.9 Å². The molecule has 142 valence electrons. The molecule has 2 aliphatic rings. The summed E-state index contributed by atoms with van der Waals surface area (Å²) in [4.78, 5) is 16.8. The van der Waals surface area contributed by atoms with E-state index >= 15 is 0 Å². The van der Waals surface area contributed by atoms with E-state index in [9.17, 15) is 4.79 Å². The Morgan fingerprint density at radius 1 is 1.32 bits per heavy atom. The molecule has 1 amide bonds. The Hall–Kier alpha value is -2.80. The van der Waals surface area contributed by atoms with Crippen molar-refractivity contribution in [3.05, 3.63) is 53.0 Å². The molecule has 5 rings (SSSR count). The second kappa shape index (κ2) is 6.67. The van der Waals surface area contributed by atoms with Gasteiger partial charge >= 0.3 is 0 Å².